The number of nitrogen functional groups attached to an aromatic ring is 1. The van der Waals surface area contributed by atoms with E-state index in [-0.39, 0.29) is 18.6 Å². The van der Waals surface area contributed by atoms with Crippen LogP contribution in [0.4, 0.5) is 5.82 Å². The minimum absolute atomic E-state index is 0.114. The van der Waals surface area contributed by atoms with Crippen LogP contribution in [0, 0.1) is 0 Å². The maximum Gasteiger partial charge on any atom is 0.320 e. The van der Waals surface area contributed by atoms with Crippen molar-refractivity contribution < 1.29 is 14.3 Å². The number of para-hydroxylation sites is 2. The number of esters is 1. The van der Waals surface area contributed by atoms with E-state index in [0.29, 0.717) is 28.3 Å². The number of nitrogens with zero attached hydrogens (tertiary/aromatic N) is 5. The van der Waals surface area contributed by atoms with Gasteiger partial charge in [0.25, 0.3) is 0 Å². The average Bonchev–Trinajstić information content (AvgIpc) is 3.25. The van der Waals surface area contributed by atoms with E-state index in [9.17, 15) is 4.79 Å². The second kappa shape index (κ2) is 10.2. The third kappa shape index (κ3) is 5.56. The van der Waals surface area contributed by atoms with Crippen LogP contribution in [0.1, 0.15) is 39.7 Å². The summed E-state index contributed by atoms with van der Waals surface area (Å²) in [5.74, 6) is 1.59. The normalized spacial score (nSPS) is 15.1. The van der Waals surface area contributed by atoms with Gasteiger partial charge in [0.15, 0.2) is 5.65 Å². The molecule has 2 aromatic carbocycles. The SMILES string of the molecule is CC(C)(C)OC(=O)CN1CCC(n2nc(-c3ccccc3Oc3ccccc3)c3c(N)ncnc32)CC1. The largest absolute Gasteiger partial charge is 0.459 e. The smallest absolute Gasteiger partial charge is 0.320 e. The van der Waals surface area contributed by atoms with Crippen molar-refractivity contribution in [2.24, 2.45) is 0 Å². The van der Waals surface area contributed by atoms with Gasteiger partial charge in [0.1, 0.15) is 34.9 Å². The molecule has 0 unspecified atom stereocenters. The van der Waals surface area contributed by atoms with Gasteiger partial charge in [-0.2, -0.15) is 5.10 Å². The van der Waals surface area contributed by atoms with Crippen LogP contribution in [0.25, 0.3) is 22.3 Å². The first-order valence-corrected chi connectivity index (χ1v) is 12.5. The fraction of sp³-hybridized carbons (Fsp3) is 0.357. The lowest BCUT2D eigenvalue weighted by Gasteiger charge is -2.32. The zero-order chi connectivity index (χ0) is 26.0. The van der Waals surface area contributed by atoms with Gasteiger partial charge in [0.2, 0.25) is 0 Å². The molecule has 5 rings (SSSR count). The molecule has 37 heavy (non-hydrogen) atoms. The molecule has 1 fully saturated rings. The molecule has 0 atom stereocenters. The van der Waals surface area contributed by atoms with Crippen molar-refractivity contribution in [3.05, 3.63) is 60.9 Å². The molecule has 1 aliphatic rings. The first-order chi connectivity index (χ1) is 17.8. The minimum atomic E-state index is -0.486. The van der Waals surface area contributed by atoms with E-state index in [1.54, 1.807) is 0 Å². The van der Waals surface area contributed by atoms with Gasteiger partial charge in [-0.25, -0.2) is 14.6 Å². The van der Waals surface area contributed by atoms with Crippen LogP contribution in [0.3, 0.4) is 0 Å². The maximum atomic E-state index is 12.3. The van der Waals surface area contributed by atoms with Crippen molar-refractivity contribution in [1.29, 1.82) is 0 Å². The molecule has 0 saturated carbocycles. The molecule has 192 valence electrons. The average molecular weight is 501 g/mol. The predicted octanol–water partition coefficient (Wildman–Crippen LogP) is 4.85. The second-order valence-corrected chi connectivity index (χ2v) is 10.3. The van der Waals surface area contributed by atoms with E-state index in [0.717, 1.165) is 37.2 Å². The number of hydrogen-bond donors (Lipinski definition) is 1. The highest BCUT2D eigenvalue weighted by Crippen LogP contribution is 2.39. The molecule has 2 N–H and O–H groups in total. The summed E-state index contributed by atoms with van der Waals surface area (Å²) in [7, 11) is 0. The number of piperidine rings is 1. The van der Waals surface area contributed by atoms with Gasteiger partial charge < -0.3 is 15.2 Å². The van der Waals surface area contributed by atoms with Gasteiger partial charge in [0.05, 0.1) is 18.0 Å². The summed E-state index contributed by atoms with van der Waals surface area (Å²) < 4.78 is 13.7. The first-order valence-electron chi connectivity index (χ1n) is 12.5. The van der Waals surface area contributed by atoms with E-state index in [2.05, 4.69) is 14.9 Å². The molecule has 4 aromatic rings. The summed E-state index contributed by atoms with van der Waals surface area (Å²) in [5, 5.41) is 5.74. The van der Waals surface area contributed by atoms with Crippen molar-refractivity contribution in [1.82, 2.24) is 24.6 Å². The highest BCUT2D eigenvalue weighted by atomic mass is 16.6. The van der Waals surface area contributed by atoms with Crippen LogP contribution in [0.2, 0.25) is 0 Å². The highest BCUT2D eigenvalue weighted by molar-refractivity contribution is 5.99. The number of carbonyl (C=O) groups excluding carboxylic acids is 1. The van der Waals surface area contributed by atoms with Crippen LogP contribution in [0.15, 0.2) is 60.9 Å². The predicted molar refractivity (Wildman–Crippen MR) is 142 cm³/mol. The van der Waals surface area contributed by atoms with Gasteiger partial charge in [0, 0.05) is 18.7 Å². The highest BCUT2D eigenvalue weighted by Gasteiger charge is 2.28. The Hall–Kier alpha value is -3.98. The summed E-state index contributed by atoms with van der Waals surface area (Å²) in [6.07, 6.45) is 3.12. The third-order valence-electron chi connectivity index (χ3n) is 6.31. The number of rotatable bonds is 6. The first kappa shape index (κ1) is 24.7. The summed E-state index contributed by atoms with van der Waals surface area (Å²) in [5.41, 5.74) is 8.08. The molecule has 0 bridgehead atoms. The number of ether oxygens (including phenoxy) is 2. The van der Waals surface area contributed by atoms with E-state index in [1.807, 2.05) is 80.1 Å². The van der Waals surface area contributed by atoms with Crippen LogP contribution < -0.4 is 10.5 Å². The fourth-order valence-corrected chi connectivity index (χ4v) is 4.68. The Bertz CT molecular complexity index is 1390. The molecular formula is C28H32N6O3. The van der Waals surface area contributed by atoms with Crippen LogP contribution in [0.5, 0.6) is 11.5 Å². The Balaban J connectivity index is 1.42. The van der Waals surface area contributed by atoms with Gasteiger partial charge in [-0.3, -0.25) is 9.69 Å². The molecule has 2 aromatic heterocycles. The van der Waals surface area contributed by atoms with Gasteiger partial charge in [-0.15, -0.1) is 0 Å². The Morgan fingerprint density at radius 1 is 1.03 bits per heavy atom. The molecule has 9 heteroatoms. The second-order valence-electron chi connectivity index (χ2n) is 10.3. The topological polar surface area (TPSA) is 108 Å². The Kier molecular flexibility index (Phi) is 6.80. The van der Waals surface area contributed by atoms with Crippen LogP contribution >= 0.6 is 0 Å². The lowest BCUT2D eigenvalue weighted by atomic mass is 10.1. The number of carbonyl (C=O) groups is 1. The number of anilines is 1. The zero-order valence-corrected chi connectivity index (χ0v) is 21.4. The van der Waals surface area contributed by atoms with E-state index >= 15 is 0 Å². The summed E-state index contributed by atoms with van der Waals surface area (Å²) in [6, 6.07) is 17.5. The molecule has 0 radical (unpaired) electrons. The molecule has 3 heterocycles. The molecule has 0 amide bonds. The van der Waals surface area contributed by atoms with Crippen molar-refractivity contribution in [3.8, 4) is 22.8 Å². The fourth-order valence-electron chi connectivity index (χ4n) is 4.68. The number of nitrogens with two attached hydrogens (primary N) is 1. The zero-order valence-electron chi connectivity index (χ0n) is 21.4. The minimum Gasteiger partial charge on any atom is -0.459 e. The number of hydrogen-bond acceptors (Lipinski definition) is 8. The number of likely N-dealkylation sites (tertiary alicyclic amines) is 1. The lowest BCUT2D eigenvalue weighted by Crippen LogP contribution is -2.40. The van der Waals surface area contributed by atoms with Crippen molar-refractivity contribution in [3.63, 3.8) is 0 Å². The van der Waals surface area contributed by atoms with E-state index in [1.165, 1.54) is 6.33 Å². The summed E-state index contributed by atoms with van der Waals surface area (Å²) >= 11 is 0. The third-order valence-corrected chi connectivity index (χ3v) is 6.31. The van der Waals surface area contributed by atoms with Crippen molar-refractivity contribution in [2.75, 3.05) is 25.4 Å². The summed E-state index contributed by atoms with van der Waals surface area (Å²) in [4.78, 5) is 23.2. The van der Waals surface area contributed by atoms with Crippen molar-refractivity contribution in [2.45, 2.75) is 45.3 Å². The number of benzene rings is 2. The van der Waals surface area contributed by atoms with E-state index < -0.39 is 5.60 Å². The monoisotopic (exact) mass is 500 g/mol. The van der Waals surface area contributed by atoms with Crippen LogP contribution in [-0.2, 0) is 9.53 Å². The molecule has 1 saturated heterocycles. The van der Waals surface area contributed by atoms with E-state index in [4.69, 9.17) is 20.3 Å². The lowest BCUT2D eigenvalue weighted by molar-refractivity contribution is -0.156. The van der Waals surface area contributed by atoms with Gasteiger partial charge >= 0.3 is 5.97 Å². The van der Waals surface area contributed by atoms with Gasteiger partial charge in [-0.1, -0.05) is 30.3 Å². The number of fused-ring (bicyclic) bond motifs is 1. The Morgan fingerprint density at radius 2 is 1.73 bits per heavy atom. The standard InChI is InChI=1S/C28H32N6O3/c1-28(2,3)37-23(35)17-33-15-13-19(14-16-33)34-27-24(26(29)30-18-31-27)25(32-34)21-11-7-8-12-22(21)36-20-9-5-4-6-10-20/h4-12,18-19H,13-17H2,1-3H3,(H2,29,30,31). The Morgan fingerprint density at radius 3 is 2.46 bits per heavy atom. The molecule has 0 spiro atoms. The molecule has 0 aliphatic carbocycles. The van der Waals surface area contributed by atoms with Crippen molar-refractivity contribution >= 4 is 22.8 Å². The van der Waals surface area contributed by atoms with Gasteiger partial charge in [-0.05, 0) is 57.9 Å². The quantitative estimate of drug-likeness (QED) is 0.375. The summed E-state index contributed by atoms with van der Waals surface area (Å²) in [6.45, 7) is 7.45. The maximum absolute atomic E-state index is 12.3. The van der Waals surface area contributed by atoms with Crippen LogP contribution in [-0.4, -0.2) is 55.9 Å². The molecule has 1 aliphatic heterocycles. The number of aromatic nitrogens is 4. The molecule has 9 nitrogen and oxygen atoms in total. The molecular weight excluding hydrogens is 468 g/mol. The Labute approximate surface area is 216 Å².